The van der Waals surface area contributed by atoms with Crippen molar-refractivity contribution in [2.24, 2.45) is 21.1 Å². The maximum Gasteiger partial charge on any atom is 0.330 e. The minimum absolute atomic E-state index is 0.236. The maximum atomic E-state index is 12.3. The van der Waals surface area contributed by atoms with Crippen molar-refractivity contribution in [1.82, 2.24) is 18.3 Å². The Labute approximate surface area is 147 Å². The number of hydrogen-bond donors (Lipinski definition) is 0. The lowest BCUT2D eigenvalue weighted by molar-refractivity contribution is -0.145. The van der Waals surface area contributed by atoms with Gasteiger partial charge in [0, 0.05) is 27.2 Å². The minimum Gasteiger partial charge on any atom is -0.458 e. The number of hydrogen-bond acceptors (Lipinski definition) is 5. The Hall–Kier alpha value is -3.36. The van der Waals surface area contributed by atoms with Crippen LogP contribution in [0.1, 0.15) is 5.69 Å². The van der Waals surface area contributed by atoms with Crippen LogP contribution in [0.5, 0.6) is 0 Å². The first-order valence-electron chi connectivity index (χ1n) is 7.87. The molecular formula is C17H18N4O5. The van der Waals surface area contributed by atoms with Gasteiger partial charge in [0.25, 0.3) is 5.56 Å². The third-order valence-electron chi connectivity index (χ3n) is 4.35. The van der Waals surface area contributed by atoms with Gasteiger partial charge in [-0.2, -0.15) is 0 Å². The van der Waals surface area contributed by atoms with E-state index in [1.165, 1.54) is 33.9 Å². The molecule has 136 valence electrons. The number of aromatic nitrogens is 4. The van der Waals surface area contributed by atoms with E-state index in [1.807, 2.05) is 0 Å². The van der Waals surface area contributed by atoms with Crippen LogP contribution in [0.3, 0.4) is 0 Å². The first-order valence-corrected chi connectivity index (χ1v) is 7.87. The summed E-state index contributed by atoms with van der Waals surface area (Å²) in [6, 6.07) is 8.35. The number of carbonyl (C=O) groups excluding carboxylic acids is 1. The van der Waals surface area contributed by atoms with Gasteiger partial charge in [-0.25, -0.2) is 9.59 Å². The normalized spacial score (nSPS) is 11.0. The summed E-state index contributed by atoms with van der Waals surface area (Å²) in [5.41, 5.74) is 0.288. The molecule has 3 aromatic rings. The molecule has 0 atom stereocenters. The van der Waals surface area contributed by atoms with E-state index in [0.29, 0.717) is 11.0 Å². The molecule has 0 aliphatic rings. The Morgan fingerprint density at radius 1 is 0.923 bits per heavy atom. The molecule has 0 amide bonds. The van der Waals surface area contributed by atoms with Crippen molar-refractivity contribution in [1.29, 1.82) is 0 Å². The van der Waals surface area contributed by atoms with Crippen molar-refractivity contribution >= 4 is 17.0 Å². The van der Waals surface area contributed by atoms with E-state index in [4.69, 9.17) is 4.74 Å². The predicted molar refractivity (Wildman–Crippen MR) is 93.9 cm³/mol. The molecule has 0 saturated heterocycles. The summed E-state index contributed by atoms with van der Waals surface area (Å²) in [6.07, 6.45) is 0. The highest BCUT2D eigenvalue weighted by Crippen LogP contribution is 2.11. The fourth-order valence-electron chi connectivity index (χ4n) is 2.76. The Morgan fingerprint density at radius 2 is 1.58 bits per heavy atom. The fraction of sp³-hybridized carbons (Fsp3) is 0.294. The standard InChI is InChI=1S/C17H18N4O5/c1-18-11(8-14(22)20(3)16(18)24)10-26-15(23)9-21-13-7-5-4-6-12(13)19(2)17(21)25/h4-8H,9-10H2,1-3H3. The third kappa shape index (κ3) is 2.87. The second kappa shape index (κ2) is 6.51. The summed E-state index contributed by atoms with van der Waals surface area (Å²) >= 11 is 0. The van der Waals surface area contributed by atoms with Crippen LogP contribution in [0.4, 0.5) is 0 Å². The maximum absolute atomic E-state index is 12.3. The van der Waals surface area contributed by atoms with Gasteiger partial charge in [0.05, 0.1) is 16.7 Å². The molecule has 2 aromatic heterocycles. The summed E-state index contributed by atoms with van der Waals surface area (Å²) in [6.45, 7) is -0.501. The molecule has 2 heterocycles. The monoisotopic (exact) mass is 358 g/mol. The van der Waals surface area contributed by atoms with Gasteiger partial charge in [-0.1, -0.05) is 12.1 Å². The zero-order valence-electron chi connectivity index (χ0n) is 14.6. The molecule has 0 aliphatic carbocycles. The summed E-state index contributed by atoms with van der Waals surface area (Å²) in [5.74, 6) is -0.642. The molecule has 0 N–H and O–H groups in total. The lowest BCUT2D eigenvalue weighted by Crippen LogP contribution is -2.38. The first kappa shape index (κ1) is 17.5. The highest BCUT2D eigenvalue weighted by atomic mass is 16.5. The van der Waals surface area contributed by atoms with Gasteiger partial charge in [-0.15, -0.1) is 0 Å². The molecule has 26 heavy (non-hydrogen) atoms. The van der Waals surface area contributed by atoms with Gasteiger partial charge in [-0.05, 0) is 12.1 Å². The Kier molecular flexibility index (Phi) is 4.37. The molecule has 0 fully saturated rings. The van der Waals surface area contributed by atoms with E-state index >= 15 is 0 Å². The molecule has 0 radical (unpaired) electrons. The number of para-hydroxylation sites is 2. The first-order chi connectivity index (χ1) is 12.3. The number of fused-ring (bicyclic) bond motifs is 1. The number of esters is 1. The van der Waals surface area contributed by atoms with Crippen LogP contribution in [0.2, 0.25) is 0 Å². The molecule has 9 heteroatoms. The number of benzene rings is 1. The summed E-state index contributed by atoms with van der Waals surface area (Å²) in [4.78, 5) is 48.1. The highest BCUT2D eigenvalue weighted by Gasteiger charge is 2.15. The van der Waals surface area contributed by atoms with Crippen molar-refractivity contribution in [3.8, 4) is 0 Å². The van der Waals surface area contributed by atoms with Crippen molar-refractivity contribution in [3.05, 3.63) is 67.3 Å². The summed E-state index contributed by atoms with van der Waals surface area (Å²) in [7, 11) is 4.48. The average Bonchev–Trinajstić information content (AvgIpc) is 2.87. The minimum atomic E-state index is -0.642. The van der Waals surface area contributed by atoms with E-state index in [0.717, 1.165) is 4.57 Å². The van der Waals surface area contributed by atoms with Gasteiger partial charge in [0.1, 0.15) is 13.2 Å². The topological polar surface area (TPSA) is 97.2 Å². The van der Waals surface area contributed by atoms with Crippen LogP contribution in [0.25, 0.3) is 11.0 Å². The van der Waals surface area contributed by atoms with Gasteiger partial charge in [0.2, 0.25) is 0 Å². The quantitative estimate of drug-likeness (QED) is 0.585. The van der Waals surface area contributed by atoms with E-state index in [2.05, 4.69) is 0 Å². The van der Waals surface area contributed by atoms with Crippen molar-refractivity contribution in [3.63, 3.8) is 0 Å². The summed E-state index contributed by atoms with van der Waals surface area (Å²) in [5, 5.41) is 0. The van der Waals surface area contributed by atoms with Gasteiger partial charge < -0.3 is 4.74 Å². The van der Waals surface area contributed by atoms with Crippen LogP contribution < -0.4 is 16.9 Å². The smallest absolute Gasteiger partial charge is 0.330 e. The molecule has 0 unspecified atom stereocenters. The van der Waals surface area contributed by atoms with E-state index < -0.39 is 17.2 Å². The van der Waals surface area contributed by atoms with Gasteiger partial charge in [-0.3, -0.25) is 27.9 Å². The molecule has 0 aliphatic heterocycles. The Balaban J connectivity index is 1.81. The van der Waals surface area contributed by atoms with Gasteiger partial charge in [0.15, 0.2) is 0 Å². The number of ether oxygens (including phenoxy) is 1. The van der Waals surface area contributed by atoms with Crippen molar-refractivity contribution in [2.45, 2.75) is 13.2 Å². The number of rotatable bonds is 4. The number of nitrogens with zero attached hydrogens (tertiary/aromatic N) is 4. The fourth-order valence-corrected chi connectivity index (χ4v) is 2.76. The molecular weight excluding hydrogens is 340 g/mol. The Morgan fingerprint density at radius 3 is 2.27 bits per heavy atom. The molecule has 0 saturated carbocycles. The van der Waals surface area contributed by atoms with Crippen molar-refractivity contribution in [2.75, 3.05) is 0 Å². The molecule has 1 aromatic carbocycles. The zero-order chi connectivity index (χ0) is 19.0. The molecule has 9 nitrogen and oxygen atoms in total. The second-order valence-corrected chi connectivity index (χ2v) is 5.95. The molecule has 3 rings (SSSR count). The average molecular weight is 358 g/mol. The number of carbonyl (C=O) groups is 1. The van der Waals surface area contributed by atoms with Crippen LogP contribution in [0.15, 0.2) is 44.7 Å². The van der Waals surface area contributed by atoms with Crippen molar-refractivity contribution < 1.29 is 9.53 Å². The van der Waals surface area contributed by atoms with Gasteiger partial charge >= 0.3 is 17.3 Å². The van der Waals surface area contributed by atoms with E-state index in [-0.39, 0.29) is 24.5 Å². The molecule has 0 spiro atoms. The van der Waals surface area contributed by atoms with Crippen LogP contribution in [0, 0.1) is 0 Å². The second-order valence-electron chi connectivity index (χ2n) is 5.95. The third-order valence-corrected chi connectivity index (χ3v) is 4.35. The Bertz CT molecular complexity index is 1180. The largest absolute Gasteiger partial charge is 0.458 e. The van der Waals surface area contributed by atoms with Crippen LogP contribution in [-0.2, 0) is 43.8 Å². The lowest BCUT2D eigenvalue weighted by Gasteiger charge is -2.10. The SMILES string of the molecule is Cn1c(COC(=O)Cn2c(=O)n(C)c3ccccc32)cc(=O)n(C)c1=O. The zero-order valence-corrected chi connectivity index (χ0v) is 14.6. The number of imidazole rings is 1. The number of aryl methyl sites for hydroxylation is 1. The van der Waals surface area contributed by atoms with E-state index in [1.54, 1.807) is 31.3 Å². The van der Waals surface area contributed by atoms with E-state index in [9.17, 15) is 19.2 Å². The lowest BCUT2D eigenvalue weighted by atomic mass is 10.3. The van der Waals surface area contributed by atoms with Crippen LogP contribution in [-0.4, -0.2) is 24.2 Å². The summed E-state index contributed by atoms with van der Waals surface area (Å²) < 4.78 is 10.1. The molecule has 0 bridgehead atoms. The highest BCUT2D eigenvalue weighted by molar-refractivity contribution is 5.78. The predicted octanol–water partition coefficient (Wildman–Crippen LogP) is -0.519. The van der Waals surface area contributed by atoms with Crippen LogP contribution >= 0.6 is 0 Å².